The Kier molecular flexibility index (Phi) is 3.78. The van der Waals surface area contributed by atoms with Gasteiger partial charge in [-0.3, -0.25) is 4.79 Å². The molecular formula is C17H19F2NO3. The van der Waals surface area contributed by atoms with Gasteiger partial charge in [0.1, 0.15) is 0 Å². The maximum absolute atomic E-state index is 13.6. The van der Waals surface area contributed by atoms with Crippen molar-refractivity contribution in [3.63, 3.8) is 0 Å². The summed E-state index contributed by atoms with van der Waals surface area (Å²) in [7, 11) is 1.53. The van der Waals surface area contributed by atoms with Crippen molar-refractivity contribution in [3.05, 3.63) is 29.5 Å². The van der Waals surface area contributed by atoms with Gasteiger partial charge in [0.05, 0.1) is 7.11 Å². The lowest BCUT2D eigenvalue weighted by Gasteiger charge is -2.36. The number of amides is 1. The number of rotatable bonds is 2. The molecule has 4 nitrogen and oxygen atoms in total. The van der Waals surface area contributed by atoms with Gasteiger partial charge in [0.25, 0.3) is 11.8 Å². The summed E-state index contributed by atoms with van der Waals surface area (Å²) in [6.45, 7) is 3.32. The molecule has 2 heterocycles. The zero-order valence-electron chi connectivity index (χ0n) is 13.4. The fraction of sp³-hybridized carbons (Fsp3) is 0.471. The van der Waals surface area contributed by atoms with Gasteiger partial charge in [0, 0.05) is 36.4 Å². The molecule has 0 saturated carbocycles. The van der Waals surface area contributed by atoms with Gasteiger partial charge < -0.3 is 14.1 Å². The van der Waals surface area contributed by atoms with Gasteiger partial charge in [-0.2, -0.15) is 0 Å². The van der Waals surface area contributed by atoms with Crippen molar-refractivity contribution in [2.45, 2.75) is 26.2 Å². The van der Waals surface area contributed by atoms with Crippen LogP contribution in [-0.2, 0) is 0 Å². The SMILES string of the molecule is COc1cccc2c(C)c(C(=O)N3CCC(F)(F)C(C)C3)oc12. The zero-order valence-corrected chi connectivity index (χ0v) is 13.4. The predicted molar refractivity (Wildman–Crippen MR) is 82.1 cm³/mol. The number of nitrogens with zero attached hydrogens (tertiary/aromatic N) is 1. The Hall–Kier alpha value is -2.11. The highest BCUT2D eigenvalue weighted by Gasteiger charge is 2.43. The second kappa shape index (κ2) is 5.51. The second-order valence-electron chi connectivity index (χ2n) is 6.06. The molecule has 3 rings (SSSR count). The first-order valence-corrected chi connectivity index (χ1v) is 7.58. The Labute approximate surface area is 133 Å². The number of alkyl halides is 2. The first-order chi connectivity index (χ1) is 10.8. The number of benzene rings is 1. The Morgan fingerprint density at radius 1 is 1.43 bits per heavy atom. The number of methoxy groups -OCH3 is 1. The molecule has 6 heteroatoms. The lowest BCUT2D eigenvalue weighted by atomic mass is 9.95. The van der Waals surface area contributed by atoms with Crippen LogP contribution in [0, 0.1) is 12.8 Å². The van der Waals surface area contributed by atoms with Crippen LogP contribution in [0.1, 0.15) is 29.5 Å². The number of carbonyl (C=O) groups excluding carboxylic acids is 1. The van der Waals surface area contributed by atoms with E-state index < -0.39 is 11.8 Å². The quantitative estimate of drug-likeness (QED) is 0.842. The molecule has 0 spiro atoms. The summed E-state index contributed by atoms with van der Waals surface area (Å²) in [5, 5.41) is 0.795. The molecule has 0 radical (unpaired) electrons. The maximum Gasteiger partial charge on any atom is 0.289 e. The van der Waals surface area contributed by atoms with E-state index in [1.807, 2.05) is 12.1 Å². The summed E-state index contributed by atoms with van der Waals surface area (Å²) < 4.78 is 38.2. The van der Waals surface area contributed by atoms with Gasteiger partial charge in [-0.15, -0.1) is 0 Å². The number of para-hydroxylation sites is 1. The molecular weight excluding hydrogens is 304 g/mol. The van der Waals surface area contributed by atoms with E-state index in [1.165, 1.54) is 18.9 Å². The largest absolute Gasteiger partial charge is 0.493 e. The van der Waals surface area contributed by atoms with Gasteiger partial charge in [-0.25, -0.2) is 8.78 Å². The van der Waals surface area contributed by atoms with Crippen LogP contribution in [0.15, 0.2) is 22.6 Å². The van der Waals surface area contributed by atoms with Crippen molar-refractivity contribution in [3.8, 4) is 5.75 Å². The van der Waals surface area contributed by atoms with Crippen molar-refractivity contribution in [2.75, 3.05) is 20.2 Å². The smallest absolute Gasteiger partial charge is 0.289 e. The van der Waals surface area contributed by atoms with Gasteiger partial charge >= 0.3 is 0 Å². The van der Waals surface area contributed by atoms with Crippen LogP contribution >= 0.6 is 0 Å². The average Bonchev–Trinajstić information content (AvgIpc) is 2.86. The van der Waals surface area contributed by atoms with E-state index in [4.69, 9.17) is 9.15 Å². The molecule has 1 amide bonds. The van der Waals surface area contributed by atoms with Gasteiger partial charge in [0.15, 0.2) is 17.1 Å². The number of hydrogen-bond acceptors (Lipinski definition) is 3. The molecule has 23 heavy (non-hydrogen) atoms. The summed E-state index contributed by atoms with van der Waals surface area (Å²) in [6, 6.07) is 5.42. The molecule has 124 valence electrons. The fourth-order valence-electron chi connectivity index (χ4n) is 3.00. The molecule has 0 N–H and O–H groups in total. The Morgan fingerprint density at radius 3 is 2.83 bits per heavy atom. The summed E-state index contributed by atoms with van der Waals surface area (Å²) in [4.78, 5) is 14.1. The molecule has 0 aliphatic carbocycles. The van der Waals surface area contributed by atoms with Crippen LogP contribution in [0.4, 0.5) is 8.78 Å². The topological polar surface area (TPSA) is 42.7 Å². The predicted octanol–water partition coefficient (Wildman–Crippen LogP) is 3.87. The van der Waals surface area contributed by atoms with Gasteiger partial charge in [-0.05, 0) is 13.0 Å². The number of hydrogen-bond donors (Lipinski definition) is 0. The number of carbonyl (C=O) groups is 1. The summed E-state index contributed by atoms with van der Waals surface area (Å²) in [5.41, 5.74) is 1.21. The van der Waals surface area contributed by atoms with Gasteiger partial charge in [0.2, 0.25) is 0 Å². The van der Waals surface area contributed by atoms with E-state index in [-0.39, 0.29) is 31.2 Å². The molecule has 2 aromatic rings. The van der Waals surface area contributed by atoms with E-state index in [1.54, 1.807) is 13.0 Å². The number of ether oxygens (including phenoxy) is 1. The number of aryl methyl sites for hydroxylation is 1. The third-order valence-corrected chi connectivity index (χ3v) is 4.56. The summed E-state index contributed by atoms with van der Waals surface area (Å²) >= 11 is 0. The van der Waals surface area contributed by atoms with E-state index in [9.17, 15) is 13.6 Å². The molecule has 1 unspecified atom stereocenters. The Morgan fingerprint density at radius 2 is 2.17 bits per heavy atom. The van der Waals surface area contributed by atoms with Crippen LogP contribution in [-0.4, -0.2) is 36.9 Å². The van der Waals surface area contributed by atoms with Gasteiger partial charge in [-0.1, -0.05) is 19.1 Å². The van der Waals surface area contributed by atoms with Crippen molar-refractivity contribution < 1.29 is 22.7 Å². The Bertz CT molecular complexity index is 754. The first-order valence-electron chi connectivity index (χ1n) is 7.58. The van der Waals surface area contributed by atoms with E-state index in [0.717, 1.165) is 5.39 Å². The standard InChI is InChI=1S/C17H19F2NO3/c1-10-9-20(8-7-17(10,18)19)16(21)14-11(2)12-5-4-6-13(22-3)15(12)23-14/h4-6,10H,7-9H2,1-3H3. The third-order valence-electron chi connectivity index (χ3n) is 4.56. The molecule has 1 aliphatic rings. The zero-order chi connectivity index (χ0) is 16.8. The van der Waals surface area contributed by atoms with E-state index >= 15 is 0 Å². The summed E-state index contributed by atoms with van der Waals surface area (Å²) in [6.07, 6.45) is -0.317. The number of likely N-dealkylation sites (tertiary alicyclic amines) is 1. The minimum Gasteiger partial charge on any atom is -0.493 e. The number of furan rings is 1. The Balaban J connectivity index is 1.94. The molecule has 0 bridgehead atoms. The molecule has 1 aromatic carbocycles. The van der Waals surface area contributed by atoms with Crippen molar-refractivity contribution in [2.24, 2.45) is 5.92 Å². The third kappa shape index (κ3) is 2.56. The molecule has 1 saturated heterocycles. The number of fused-ring (bicyclic) bond motifs is 1. The average molecular weight is 323 g/mol. The molecule has 1 atom stereocenters. The minimum atomic E-state index is -2.72. The molecule has 1 aliphatic heterocycles. The van der Waals surface area contributed by atoms with Crippen molar-refractivity contribution in [1.29, 1.82) is 0 Å². The summed E-state index contributed by atoms with van der Waals surface area (Å²) in [5.74, 6) is -3.18. The highest BCUT2D eigenvalue weighted by atomic mass is 19.3. The highest BCUT2D eigenvalue weighted by molar-refractivity contribution is 6.00. The number of halogens is 2. The van der Waals surface area contributed by atoms with Crippen LogP contribution in [0.25, 0.3) is 11.0 Å². The lowest BCUT2D eigenvalue weighted by molar-refractivity contribution is -0.0924. The fourth-order valence-corrected chi connectivity index (χ4v) is 3.00. The van der Waals surface area contributed by atoms with Crippen LogP contribution in [0.3, 0.4) is 0 Å². The molecule has 1 fully saturated rings. The highest BCUT2D eigenvalue weighted by Crippen LogP contribution is 2.36. The van der Waals surface area contributed by atoms with E-state index in [0.29, 0.717) is 16.9 Å². The van der Waals surface area contributed by atoms with Crippen LogP contribution < -0.4 is 4.74 Å². The normalized spacial score (nSPS) is 20.7. The lowest BCUT2D eigenvalue weighted by Crippen LogP contribution is -2.48. The molecule has 1 aromatic heterocycles. The number of piperidine rings is 1. The maximum atomic E-state index is 13.6. The van der Waals surface area contributed by atoms with Crippen molar-refractivity contribution >= 4 is 16.9 Å². The monoisotopic (exact) mass is 323 g/mol. The van der Waals surface area contributed by atoms with E-state index in [2.05, 4.69) is 0 Å². The minimum absolute atomic E-state index is 0.0272. The van der Waals surface area contributed by atoms with Crippen molar-refractivity contribution in [1.82, 2.24) is 4.90 Å². The first kappa shape index (κ1) is 15.8. The second-order valence-corrected chi connectivity index (χ2v) is 6.06. The van der Waals surface area contributed by atoms with Crippen LogP contribution in [0.5, 0.6) is 5.75 Å². The van der Waals surface area contributed by atoms with Crippen LogP contribution in [0.2, 0.25) is 0 Å².